The van der Waals surface area contributed by atoms with Gasteiger partial charge in [0, 0.05) is 23.1 Å². The first-order valence-electron chi connectivity index (χ1n) is 8.67. The van der Waals surface area contributed by atoms with Crippen LogP contribution in [0.5, 0.6) is 0 Å². The lowest BCUT2D eigenvalue weighted by molar-refractivity contribution is 0.0600. The van der Waals surface area contributed by atoms with Crippen molar-refractivity contribution in [2.75, 3.05) is 17.7 Å². The fraction of sp³-hybridized carbons (Fsp3) is 0.0952. The summed E-state index contributed by atoms with van der Waals surface area (Å²) in [6.07, 6.45) is 1.46. The number of hydrogen-bond donors (Lipinski definition) is 2. The van der Waals surface area contributed by atoms with Crippen LogP contribution in [0, 0.1) is 0 Å². The van der Waals surface area contributed by atoms with Gasteiger partial charge in [-0.25, -0.2) is 14.8 Å². The van der Waals surface area contributed by atoms with Gasteiger partial charge in [-0.15, -0.1) is 0 Å². The number of methoxy groups -OCH3 is 1. The van der Waals surface area contributed by atoms with E-state index in [1.807, 2.05) is 0 Å². The molecule has 3 rings (SSSR count). The third-order valence-electron chi connectivity index (χ3n) is 3.98. The molecule has 0 atom stereocenters. The molecule has 146 valence electrons. The molecule has 2 N–H and O–H groups in total. The van der Waals surface area contributed by atoms with Gasteiger partial charge in [0.1, 0.15) is 5.69 Å². The zero-order valence-corrected chi connectivity index (χ0v) is 15.8. The molecule has 1 heterocycles. The van der Waals surface area contributed by atoms with Crippen LogP contribution in [0.4, 0.5) is 17.3 Å². The van der Waals surface area contributed by atoms with Crippen molar-refractivity contribution in [1.82, 2.24) is 9.97 Å². The first-order chi connectivity index (χ1) is 14.0. The number of Topliss-reactive ketones (excluding diaryl/α,β-unsaturated/α-hetero) is 1. The van der Waals surface area contributed by atoms with E-state index in [2.05, 4.69) is 25.3 Å². The standard InChI is InChI=1S/C21H18N4O4/c1-13(26)14-6-8-16(9-7-14)24-21-22-11-10-18(25-21)19(27)23-17-5-3-4-15(12-17)20(28)29-2/h3-12H,1-2H3,(H,23,27)(H,22,24,25). The number of amides is 1. The predicted molar refractivity (Wildman–Crippen MR) is 107 cm³/mol. The molecule has 0 radical (unpaired) electrons. The average molecular weight is 390 g/mol. The van der Waals surface area contributed by atoms with Crippen molar-refractivity contribution in [3.63, 3.8) is 0 Å². The second kappa shape index (κ2) is 8.75. The number of nitrogens with one attached hydrogen (secondary N) is 2. The molecule has 0 saturated carbocycles. The summed E-state index contributed by atoms with van der Waals surface area (Å²) in [7, 11) is 1.29. The number of nitrogens with zero attached hydrogens (tertiary/aromatic N) is 2. The number of anilines is 3. The summed E-state index contributed by atoms with van der Waals surface area (Å²) in [5, 5.41) is 5.67. The maximum atomic E-state index is 12.5. The van der Waals surface area contributed by atoms with Crippen LogP contribution in [0.1, 0.15) is 38.1 Å². The summed E-state index contributed by atoms with van der Waals surface area (Å²) in [5.74, 6) is -0.742. The molecule has 0 fully saturated rings. The van der Waals surface area contributed by atoms with Gasteiger partial charge >= 0.3 is 5.97 Å². The minimum absolute atomic E-state index is 0.0252. The van der Waals surface area contributed by atoms with Crippen LogP contribution in [0.25, 0.3) is 0 Å². The molecular formula is C21H18N4O4. The second-order valence-corrected chi connectivity index (χ2v) is 6.05. The van der Waals surface area contributed by atoms with Gasteiger partial charge in [0.15, 0.2) is 5.78 Å². The Morgan fingerprint density at radius 3 is 2.38 bits per heavy atom. The van der Waals surface area contributed by atoms with E-state index in [9.17, 15) is 14.4 Å². The quantitative estimate of drug-likeness (QED) is 0.490. The van der Waals surface area contributed by atoms with Crippen molar-refractivity contribution in [3.05, 3.63) is 77.6 Å². The van der Waals surface area contributed by atoms with E-state index in [0.29, 0.717) is 22.5 Å². The van der Waals surface area contributed by atoms with Gasteiger partial charge in [-0.05, 0) is 55.5 Å². The number of carbonyl (C=O) groups excluding carboxylic acids is 3. The second-order valence-electron chi connectivity index (χ2n) is 6.05. The Hall–Kier alpha value is -4.07. The van der Waals surface area contributed by atoms with Crippen LogP contribution < -0.4 is 10.6 Å². The van der Waals surface area contributed by atoms with Crippen molar-refractivity contribution < 1.29 is 19.1 Å². The molecule has 1 amide bonds. The molecule has 0 aliphatic heterocycles. The molecule has 0 bridgehead atoms. The summed E-state index contributed by atoms with van der Waals surface area (Å²) in [5.41, 5.74) is 2.18. The Morgan fingerprint density at radius 1 is 0.931 bits per heavy atom. The van der Waals surface area contributed by atoms with E-state index in [-0.39, 0.29) is 17.4 Å². The molecule has 0 unspecified atom stereocenters. The van der Waals surface area contributed by atoms with Crippen molar-refractivity contribution in [2.24, 2.45) is 0 Å². The first kappa shape index (κ1) is 19.7. The number of ketones is 1. The van der Waals surface area contributed by atoms with Crippen molar-refractivity contribution in [1.29, 1.82) is 0 Å². The lowest BCUT2D eigenvalue weighted by Crippen LogP contribution is -2.15. The monoisotopic (exact) mass is 390 g/mol. The number of aromatic nitrogens is 2. The smallest absolute Gasteiger partial charge is 0.337 e. The average Bonchev–Trinajstić information content (AvgIpc) is 2.74. The van der Waals surface area contributed by atoms with Crippen LogP contribution in [0.2, 0.25) is 0 Å². The van der Waals surface area contributed by atoms with E-state index in [1.165, 1.54) is 32.4 Å². The molecule has 0 saturated heterocycles. The summed E-state index contributed by atoms with van der Waals surface area (Å²) in [6, 6.07) is 14.7. The minimum atomic E-state index is -0.495. The lowest BCUT2D eigenvalue weighted by Gasteiger charge is -2.08. The third kappa shape index (κ3) is 5.01. The van der Waals surface area contributed by atoms with E-state index in [4.69, 9.17) is 0 Å². The number of esters is 1. The zero-order valence-electron chi connectivity index (χ0n) is 15.8. The predicted octanol–water partition coefficient (Wildman–Crippen LogP) is 3.46. The Kier molecular flexibility index (Phi) is 5.94. The topological polar surface area (TPSA) is 110 Å². The SMILES string of the molecule is COC(=O)c1cccc(NC(=O)c2ccnc(Nc3ccc(C(C)=O)cc3)n2)c1. The Bertz CT molecular complexity index is 1060. The lowest BCUT2D eigenvalue weighted by atomic mass is 10.1. The highest BCUT2D eigenvalue weighted by molar-refractivity contribution is 6.03. The summed E-state index contributed by atoms with van der Waals surface area (Å²) in [6.45, 7) is 1.49. The van der Waals surface area contributed by atoms with Gasteiger partial charge in [0.05, 0.1) is 12.7 Å². The van der Waals surface area contributed by atoms with Gasteiger partial charge < -0.3 is 15.4 Å². The summed E-state index contributed by atoms with van der Waals surface area (Å²) < 4.78 is 4.67. The molecule has 2 aromatic carbocycles. The number of carbonyl (C=O) groups is 3. The van der Waals surface area contributed by atoms with Crippen molar-refractivity contribution >= 4 is 35.0 Å². The van der Waals surface area contributed by atoms with E-state index >= 15 is 0 Å². The van der Waals surface area contributed by atoms with E-state index in [1.54, 1.807) is 42.5 Å². The maximum absolute atomic E-state index is 12.5. The summed E-state index contributed by atoms with van der Waals surface area (Å²) in [4.78, 5) is 43.8. The van der Waals surface area contributed by atoms with Crippen LogP contribution >= 0.6 is 0 Å². The van der Waals surface area contributed by atoms with Crippen LogP contribution in [-0.2, 0) is 4.74 Å². The Labute approximate surface area is 167 Å². The molecule has 1 aromatic heterocycles. The van der Waals surface area contributed by atoms with Crippen molar-refractivity contribution in [3.8, 4) is 0 Å². The molecule has 0 aliphatic rings. The Morgan fingerprint density at radius 2 is 1.69 bits per heavy atom. The molecule has 0 spiro atoms. The van der Waals surface area contributed by atoms with E-state index in [0.717, 1.165) is 0 Å². The van der Waals surface area contributed by atoms with Crippen LogP contribution in [-0.4, -0.2) is 34.7 Å². The largest absolute Gasteiger partial charge is 0.465 e. The normalized spacial score (nSPS) is 10.1. The highest BCUT2D eigenvalue weighted by Crippen LogP contribution is 2.16. The summed E-state index contributed by atoms with van der Waals surface area (Å²) >= 11 is 0. The zero-order chi connectivity index (χ0) is 20.8. The van der Waals surface area contributed by atoms with Gasteiger partial charge in [-0.1, -0.05) is 6.07 Å². The molecule has 8 nitrogen and oxygen atoms in total. The minimum Gasteiger partial charge on any atom is -0.465 e. The number of benzene rings is 2. The highest BCUT2D eigenvalue weighted by Gasteiger charge is 2.12. The number of rotatable bonds is 6. The third-order valence-corrected chi connectivity index (χ3v) is 3.98. The highest BCUT2D eigenvalue weighted by atomic mass is 16.5. The fourth-order valence-electron chi connectivity index (χ4n) is 2.50. The van der Waals surface area contributed by atoms with Gasteiger partial charge in [0.2, 0.25) is 5.95 Å². The maximum Gasteiger partial charge on any atom is 0.337 e. The van der Waals surface area contributed by atoms with Gasteiger partial charge in [0.25, 0.3) is 5.91 Å². The molecular weight excluding hydrogens is 372 g/mol. The molecule has 29 heavy (non-hydrogen) atoms. The molecule has 3 aromatic rings. The molecule has 0 aliphatic carbocycles. The van der Waals surface area contributed by atoms with E-state index < -0.39 is 11.9 Å². The van der Waals surface area contributed by atoms with Gasteiger partial charge in [-0.2, -0.15) is 0 Å². The molecule has 8 heteroatoms. The number of hydrogen-bond acceptors (Lipinski definition) is 7. The van der Waals surface area contributed by atoms with Crippen LogP contribution in [0.15, 0.2) is 60.8 Å². The first-order valence-corrected chi connectivity index (χ1v) is 8.67. The van der Waals surface area contributed by atoms with Crippen LogP contribution in [0.3, 0.4) is 0 Å². The fourth-order valence-corrected chi connectivity index (χ4v) is 2.50. The Balaban J connectivity index is 1.72. The van der Waals surface area contributed by atoms with Crippen molar-refractivity contribution in [2.45, 2.75) is 6.92 Å². The number of ether oxygens (including phenoxy) is 1. The van der Waals surface area contributed by atoms with Gasteiger partial charge in [-0.3, -0.25) is 9.59 Å².